The SMILES string of the molecule is CCN(CCCN)CCN(C)C. The largest absolute Gasteiger partial charge is 0.330 e. The van der Waals surface area contributed by atoms with Crippen LogP contribution in [0.3, 0.4) is 0 Å². The highest BCUT2D eigenvalue weighted by Crippen LogP contribution is 1.90. The van der Waals surface area contributed by atoms with E-state index >= 15 is 0 Å². The molecule has 0 aliphatic carbocycles. The second kappa shape index (κ2) is 7.53. The van der Waals surface area contributed by atoms with E-state index in [1.165, 1.54) is 0 Å². The van der Waals surface area contributed by atoms with Crippen molar-refractivity contribution < 1.29 is 0 Å². The summed E-state index contributed by atoms with van der Waals surface area (Å²) in [5.41, 5.74) is 5.45. The Morgan fingerprint density at radius 3 is 2.17 bits per heavy atom. The molecule has 0 radical (unpaired) electrons. The Morgan fingerprint density at radius 2 is 1.75 bits per heavy atom. The van der Waals surface area contributed by atoms with Crippen LogP contribution >= 0.6 is 0 Å². The predicted molar refractivity (Wildman–Crippen MR) is 54.3 cm³/mol. The third-order valence-electron chi connectivity index (χ3n) is 1.99. The summed E-state index contributed by atoms with van der Waals surface area (Å²) < 4.78 is 0. The van der Waals surface area contributed by atoms with Crippen LogP contribution in [-0.4, -0.2) is 56.6 Å². The van der Waals surface area contributed by atoms with Gasteiger partial charge in [-0.2, -0.15) is 0 Å². The van der Waals surface area contributed by atoms with Gasteiger partial charge in [0.25, 0.3) is 0 Å². The molecule has 0 saturated carbocycles. The fourth-order valence-corrected chi connectivity index (χ4v) is 1.08. The maximum absolute atomic E-state index is 5.45. The molecule has 0 fully saturated rings. The van der Waals surface area contributed by atoms with Gasteiger partial charge in [-0.1, -0.05) is 6.92 Å². The van der Waals surface area contributed by atoms with Crippen molar-refractivity contribution in [3.8, 4) is 0 Å². The van der Waals surface area contributed by atoms with Gasteiger partial charge in [0.05, 0.1) is 0 Å². The van der Waals surface area contributed by atoms with E-state index in [0.29, 0.717) is 0 Å². The maximum atomic E-state index is 5.45. The van der Waals surface area contributed by atoms with Crippen LogP contribution in [-0.2, 0) is 0 Å². The van der Waals surface area contributed by atoms with Gasteiger partial charge in [0.2, 0.25) is 0 Å². The fourth-order valence-electron chi connectivity index (χ4n) is 1.08. The van der Waals surface area contributed by atoms with Crippen molar-refractivity contribution in [3.05, 3.63) is 0 Å². The van der Waals surface area contributed by atoms with E-state index in [-0.39, 0.29) is 0 Å². The van der Waals surface area contributed by atoms with Crippen molar-refractivity contribution in [2.75, 3.05) is 46.8 Å². The molecule has 0 unspecified atom stereocenters. The minimum Gasteiger partial charge on any atom is -0.330 e. The lowest BCUT2D eigenvalue weighted by Gasteiger charge is -2.21. The van der Waals surface area contributed by atoms with Crippen LogP contribution in [0.4, 0.5) is 0 Å². The number of hydrogen-bond donors (Lipinski definition) is 1. The van der Waals surface area contributed by atoms with Crippen molar-refractivity contribution in [3.63, 3.8) is 0 Å². The lowest BCUT2D eigenvalue weighted by Crippen LogP contribution is -2.33. The Hall–Kier alpha value is -0.120. The van der Waals surface area contributed by atoms with E-state index in [9.17, 15) is 0 Å². The standard InChI is InChI=1S/C9H23N3/c1-4-12(7-5-6-10)9-8-11(2)3/h4-10H2,1-3H3. The molecular weight excluding hydrogens is 150 g/mol. The Labute approximate surface area is 76.5 Å². The molecule has 0 aromatic rings. The van der Waals surface area contributed by atoms with Crippen LogP contribution in [0.25, 0.3) is 0 Å². The van der Waals surface area contributed by atoms with Gasteiger partial charge in [-0.3, -0.25) is 0 Å². The molecule has 3 heteroatoms. The summed E-state index contributed by atoms with van der Waals surface area (Å²) in [6.07, 6.45) is 1.11. The average Bonchev–Trinajstić information content (AvgIpc) is 2.05. The van der Waals surface area contributed by atoms with Gasteiger partial charge in [0.15, 0.2) is 0 Å². The number of nitrogens with two attached hydrogens (primary N) is 1. The van der Waals surface area contributed by atoms with Crippen molar-refractivity contribution in [1.29, 1.82) is 0 Å². The molecule has 74 valence electrons. The molecule has 0 rings (SSSR count). The summed E-state index contributed by atoms with van der Waals surface area (Å²) in [4.78, 5) is 4.65. The quantitative estimate of drug-likeness (QED) is 0.598. The molecule has 0 spiro atoms. The zero-order valence-electron chi connectivity index (χ0n) is 8.71. The first-order valence-electron chi connectivity index (χ1n) is 4.77. The minimum atomic E-state index is 0.804. The van der Waals surface area contributed by atoms with Crippen molar-refractivity contribution in [1.82, 2.24) is 9.80 Å². The van der Waals surface area contributed by atoms with Crippen molar-refractivity contribution in [2.45, 2.75) is 13.3 Å². The van der Waals surface area contributed by atoms with Crippen LogP contribution in [0.1, 0.15) is 13.3 Å². The molecule has 0 aromatic heterocycles. The molecule has 0 aliphatic heterocycles. The molecule has 0 bridgehead atoms. The van der Waals surface area contributed by atoms with Crippen LogP contribution in [0, 0.1) is 0 Å². The lowest BCUT2D eigenvalue weighted by atomic mass is 10.3. The van der Waals surface area contributed by atoms with E-state index in [4.69, 9.17) is 5.73 Å². The van der Waals surface area contributed by atoms with Crippen LogP contribution in [0.5, 0.6) is 0 Å². The normalized spacial score (nSPS) is 11.5. The number of hydrogen-bond acceptors (Lipinski definition) is 3. The monoisotopic (exact) mass is 173 g/mol. The van der Waals surface area contributed by atoms with E-state index in [2.05, 4.69) is 30.8 Å². The van der Waals surface area contributed by atoms with Crippen LogP contribution in [0.2, 0.25) is 0 Å². The van der Waals surface area contributed by atoms with E-state index in [0.717, 1.165) is 39.1 Å². The Morgan fingerprint density at radius 1 is 1.08 bits per heavy atom. The molecule has 12 heavy (non-hydrogen) atoms. The van der Waals surface area contributed by atoms with Gasteiger partial charge in [-0.15, -0.1) is 0 Å². The van der Waals surface area contributed by atoms with Gasteiger partial charge in [-0.25, -0.2) is 0 Å². The maximum Gasteiger partial charge on any atom is 0.0109 e. The highest BCUT2D eigenvalue weighted by atomic mass is 15.2. The molecule has 0 aliphatic rings. The highest BCUT2D eigenvalue weighted by molar-refractivity contribution is 4.57. The Kier molecular flexibility index (Phi) is 7.45. The molecule has 0 amide bonds. The van der Waals surface area contributed by atoms with Crippen molar-refractivity contribution in [2.24, 2.45) is 5.73 Å². The third kappa shape index (κ3) is 6.58. The molecule has 0 saturated heterocycles. The third-order valence-corrected chi connectivity index (χ3v) is 1.99. The fraction of sp³-hybridized carbons (Fsp3) is 1.00. The summed E-state index contributed by atoms with van der Waals surface area (Å²) in [7, 11) is 4.22. The van der Waals surface area contributed by atoms with E-state index in [1.807, 2.05) is 0 Å². The molecule has 0 aromatic carbocycles. The zero-order chi connectivity index (χ0) is 9.40. The minimum absolute atomic E-state index is 0.804. The molecule has 2 N–H and O–H groups in total. The van der Waals surface area contributed by atoms with E-state index in [1.54, 1.807) is 0 Å². The first-order chi connectivity index (χ1) is 5.70. The first kappa shape index (κ1) is 11.9. The summed E-state index contributed by atoms with van der Waals surface area (Å²) in [6, 6.07) is 0. The van der Waals surface area contributed by atoms with Gasteiger partial charge < -0.3 is 15.5 Å². The number of rotatable bonds is 7. The van der Waals surface area contributed by atoms with E-state index < -0.39 is 0 Å². The number of likely N-dealkylation sites (N-methyl/N-ethyl adjacent to an activating group) is 2. The summed E-state index contributed by atoms with van der Waals surface area (Å²) >= 11 is 0. The van der Waals surface area contributed by atoms with Gasteiger partial charge >= 0.3 is 0 Å². The summed E-state index contributed by atoms with van der Waals surface area (Å²) in [5, 5.41) is 0. The number of nitrogens with zero attached hydrogens (tertiary/aromatic N) is 2. The van der Waals surface area contributed by atoms with Gasteiger partial charge in [0, 0.05) is 13.1 Å². The zero-order valence-corrected chi connectivity index (χ0v) is 8.71. The average molecular weight is 173 g/mol. The van der Waals surface area contributed by atoms with Crippen LogP contribution in [0.15, 0.2) is 0 Å². The molecular formula is C9H23N3. The second-order valence-electron chi connectivity index (χ2n) is 3.38. The van der Waals surface area contributed by atoms with Crippen LogP contribution < -0.4 is 5.73 Å². The predicted octanol–water partition coefficient (Wildman–Crippen LogP) is 0.219. The molecule has 0 heterocycles. The summed E-state index contributed by atoms with van der Waals surface area (Å²) in [5.74, 6) is 0. The smallest absolute Gasteiger partial charge is 0.0109 e. The Bertz CT molecular complexity index is 93.8. The second-order valence-corrected chi connectivity index (χ2v) is 3.38. The van der Waals surface area contributed by atoms with Gasteiger partial charge in [-0.05, 0) is 40.2 Å². The van der Waals surface area contributed by atoms with Gasteiger partial charge in [0.1, 0.15) is 0 Å². The summed E-state index contributed by atoms with van der Waals surface area (Å²) in [6.45, 7) is 7.57. The molecule has 3 nitrogen and oxygen atoms in total. The first-order valence-corrected chi connectivity index (χ1v) is 4.77. The Balaban J connectivity index is 3.39. The highest BCUT2D eigenvalue weighted by Gasteiger charge is 2.00. The van der Waals surface area contributed by atoms with Crippen molar-refractivity contribution >= 4 is 0 Å². The lowest BCUT2D eigenvalue weighted by molar-refractivity contribution is 0.250. The molecule has 0 atom stereocenters. The topological polar surface area (TPSA) is 32.5 Å².